The molecule has 26 heavy (non-hydrogen) atoms. The lowest BCUT2D eigenvalue weighted by Gasteiger charge is -2.03. The van der Waals surface area contributed by atoms with Crippen molar-refractivity contribution in [3.05, 3.63) is 54.1 Å². The molecule has 3 aromatic rings. The van der Waals surface area contributed by atoms with Gasteiger partial charge in [0.15, 0.2) is 11.5 Å². The number of ether oxygens (including phenoxy) is 1. The number of methoxy groups -OCH3 is 1. The molecule has 0 bridgehead atoms. The van der Waals surface area contributed by atoms with Gasteiger partial charge in [-0.2, -0.15) is 9.90 Å². The zero-order valence-electron chi connectivity index (χ0n) is 13.9. The van der Waals surface area contributed by atoms with Gasteiger partial charge in [-0.05, 0) is 29.0 Å². The molecule has 0 aliphatic carbocycles. The second kappa shape index (κ2) is 7.88. The molecule has 2 N–H and O–H groups in total. The minimum absolute atomic E-state index is 0.0111. The van der Waals surface area contributed by atoms with E-state index in [0.717, 1.165) is 5.56 Å². The number of benzene rings is 2. The van der Waals surface area contributed by atoms with Gasteiger partial charge in [0.2, 0.25) is 5.82 Å². The largest absolute Gasteiger partial charge is 0.504 e. The van der Waals surface area contributed by atoms with Crippen LogP contribution in [0.15, 0.2) is 53.6 Å². The van der Waals surface area contributed by atoms with E-state index in [4.69, 9.17) is 4.74 Å². The molecule has 2 aromatic carbocycles. The lowest BCUT2D eigenvalue weighted by atomic mass is 10.2. The zero-order chi connectivity index (χ0) is 18.4. The maximum absolute atomic E-state index is 11.9. The third-order valence-electron chi connectivity index (χ3n) is 3.38. The summed E-state index contributed by atoms with van der Waals surface area (Å²) in [4.78, 5) is 13.1. The van der Waals surface area contributed by atoms with Crippen LogP contribution in [0.1, 0.15) is 5.56 Å². The molecule has 1 amide bonds. The first-order valence-electron chi connectivity index (χ1n) is 7.68. The van der Waals surface area contributed by atoms with Gasteiger partial charge < -0.3 is 9.84 Å². The lowest BCUT2D eigenvalue weighted by molar-refractivity contribution is -0.122. The van der Waals surface area contributed by atoms with Crippen LogP contribution < -0.4 is 10.2 Å². The number of hydrogen-bond donors (Lipinski definition) is 2. The molecule has 0 saturated heterocycles. The highest BCUT2D eigenvalue weighted by atomic mass is 16.5. The Hall–Kier alpha value is -3.75. The summed E-state index contributed by atoms with van der Waals surface area (Å²) in [6.07, 6.45) is 1.40. The molecule has 132 valence electrons. The fraction of sp³-hybridized carbons (Fsp3) is 0.118. The molecule has 0 spiro atoms. The second-order valence-electron chi connectivity index (χ2n) is 5.23. The first-order chi connectivity index (χ1) is 12.7. The first kappa shape index (κ1) is 17.1. The number of hydrogen-bond acceptors (Lipinski definition) is 7. The molecule has 0 radical (unpaired) electrons. The molecule has 0 aliphatic rings. The molecule has 0 fully saturated rings. The van der Waals surface area contributed by atoms with Crippen molar-refractivity contribution < 1.29 is 14.6 Å². The van der Waals surface area contributed by atoms with E-state index in [-0.39, 0.29) is 12.3 Å². The SMILES string of the molecule is COc1ccc(/C=N\NC(=O)Cn2nnc(-c3ccccc3)n2)cc1O. The van der Waals surface area contributed by atoms with Gasteiger partial charge in [0, 0.05) is 5.56 Å². The Morgan fingerprint density at radius 3 is 2.85 bits per heavy atom. The summed E-state index contributed by atoms with van der Waals surface area (Å²) >= 11 is 0. The van der Waals surface area contributed by atoms with Crippen molar-refractivity contribution in [1.29, 1.82) is 0 Å². The molecular weight excluding hydrogens is 336 g/mol. The van der Waals surface area contributed by atoms with Crippen LogP contribution in [-0.4, -0.2) is 44.5 Å². The van der Waals surface area contributed by atoms with Crippen molar-refractivity contribution in [2.45, 2.75) is 6.54 Å². The van der Waals surface area contributed by atoms with Crippen molar-refractivity contribution in [3.8, 4) is 22.9 Å². The standard InChI is InChI=1S/C17H16N6O3/c1-26-15-8-7-12(9-14(15)24)10-18-19-16(25)11-23-21-17(20-22-23)13-5-3-2-4-6-13/h2-10,24H,11H2,1H3,(H,19,25)/b18-10-. The topological polar surface area (TPSA) is 115 Å². The monoisotopic (exact) mass is 352 g/mol. The van der Waals surface area contributed by atoms with Gasteiger partial charge in [-0.3, -0.25) is 4.79 Å². The van der Waals surface area contributed by atoms with Crippen molar-refractivity contribution in [2.24, 2.45) is 5.10 Å². The number of phenols is 1. The van der Waals surface area contributed by atoms with Gasteiger partial charge in [0.05, 0.1) is 13.3 Å². The maximum atomic E-state index is 11.9. The molecule has 0 atom stereocenters. The summed E-state index contributed by atoms with van der Waals surface area (Å²) in [6.45, 7) is -0.120. The van der Waals surface area contributed by atoms with E-state index in [1.165, 1.54) is 24.2 Å². The third-order valence-corrected chi connectivity index (χ3v) is 3.38. The number of tetrazole rings is 1. The molecule has 9 nitrogen and oxygen atoms in total. The predicted octanol–water partition coefficient (Wildman–Crippen LogP) is 1.20. The Balaban J connectivity index is 1.56. The highest BCUT2D eigenvalue weighted by Crippen LogP contribution is 2.25. The quantitative estimate of drug-likeness (QED) is 0.509. The van der Waals surface area contributed by atoms with Crippen LogP contribution in [0.25, 0.3) is 11.4 Å². The molecular formula is C17H16N6O3. The summed E-state index contributed by atoms with van der Waals surface area (Å²) in [6, 6.07) is 14.1. The number of rotatable bonds is 6. The fourth-order valence-corrected chi connectivity index (χ4v) is 2.14. The minimum atomic E-state index is -0.406. The van der Waals surface area contributed by atoms with E-state index in [1.807, 2.05) is 30.3 Å². The molecule has 1 heterocycles. The van der Waals surface area contributed by atoms with Gasteiger partial charge in [0.1, 0.15) is 6.54 Å². The zero-order valence-corrected chi connectivity index (χ0v) is 13.9. The average molecular weight is 352 g/mol. The fourth-order valence-electron chi connectivity index (χ4n) is 2.14. The van der Waals surface area contributed by atoms with Crippen LogP contribution in [0.2, 0.25) is 0 Å². The molecule has 1 aromatic heterocycles. The number of aromatic hydroxyl groups is 1. The third kappa shape index (κ3) is 4.20. The van der Waals surface area contributed by atoms with Crippen LogP contribution in [0.5, 0.6) is 11.5 Å². The minimum Gasteiger partial charge on any atom is -0.504 e. The number of carbonyl (C=O) groups is 1. The van der Waals surface area contributed by atoms with Gasteiger partial charge in [-0.25, -0.2) is 5.43 Å². The average Bonchev–Trinajstić information content (AvgIpc) is 3.11. The van der Waals surface area contributed by atoms with E-state index < -0.39 is 5.91 Å². The maximum Gasteiger partial charge on any atom is 0.263 e. The van der Waals surface area contributed by atoms with E-state index in [1.54, 1.807) is 12.1 Å². The highest BCUT2D eigenvalue weighted by molar-refractivity contribution is 5.83. The van der Waals surface area contributed by atoms with Crippen molar-refractivity contribution in [2.75, 3.05) is 7.11 Å². The van der Waals surface area contributed by atoms with E-state index >= 15 is 0 Å². The predicted molar refractivity (Wildman–Crippen MR) is 93.6 cm³/mol. The number of amides is 1. The Bertz CT molecular complexity index is 923. The van der Waals surface area contributed by atoms with Crippen LogP contribution in [-0.2, 0) is 11.3 Å². The van der Waals surface area contributed by atoms with Gasteiger partial charge >= 0.3 is 0 Å². The normalized spacial score (nSPS) is 10.8. The van der Waals surface area contributed by atoms with Crippen molar-refractivity contribution in [1.82, 2.24) is 25.6 Å². The first-order valence-corrected chi connectivity index (χ1v) is 7.68. The molecule has 0 unspecified atom stereocenters. The van der Waals surface area contributed by atoms with Gasteiger partial charge in [-0.1, -0.05) is 30.3 Å². The number of nitrogens with zero attached hydrogens (tertiary/aromatic N) is 5. The van der Waals surface area contributed by atoms with E-state index in [0.29, 0.717) is 17.1 Å². The lowest BCUT2D eigenvalue weighted by Crippen LogP contribution is -2.24. The Morgan fingerprint density at radius 2 is 2.12 bits per heavy atom. The summed E-state index contributed by atoms with van der Waals surface area (Å²) in [5, 5.41) is 25.4. The van der Waals surface area contributed by atoms with Crippen molar-refractivity contribution >= 4 is 12.1 Å². The van der Waals surface area contributed by atoms with Crippen LogP contribution in [0.4, 0.5) is 0 Å². The Morgan fingerprint density at radius 1 is 1.31 bits per heavy atom. The molecule has 0 saturated carbocycles. The Labute approximate surface area is 148 Å². The van der Waals surface area contributed by atoms with Crippen molar-refractivity contribution in [3.63, 3.8) is 0 Å². The number of nitrogens with one attached hydrogen (secondary N) is 1. The number of phenolic OH excluding ortho intramolecular Hbond substituents is 1. The second-order valence-corrected chi connectivity index (χ2v) is 5.23. The summed E-state index contributed by atoms with van der Waals surface area (Å²) in [5.41, 5.74) is 3.79. The summed E-state index contributed by atoms with van der Waals surface area (Å²) in [5.74, 6) is 0.382. The summed E-state index contributed by atoms with van der Waals surface area (Å²) in [7, 11) is 1.46. The van der Waals surface area contributed by atoms with Gasteiger partial charge in [-0.15, -0.1) is 10.2 Å². The molecule has 0 aliphatic heterocycles. The number of aromatic nitrogens is 4. The molecule has 3 rings (SSSR count). The van der Waals surface area contributed by atoms with E-state index in [9.17, 15) is 9.90 Å². The number of carbonyl (C=O) groups excluding carboxylic acids is 1. The van der Waals surface area contributed by atoms with Crippen LogP contribution >= 0.6 is 0 Å². The summed E-state index contributed by atoms with van der Waals surface area (Å²) < 4.78 is 4.96. The van der Waals surface area contributed by atoms with Crippen LogP contribution in [0.3, 0.4) is 0 Å². The Kier molecular flexibility index (Phi) is 5.18. The van der Waals surface area contributed by atoms with E-state index in [2.05, 4.69) is 25.9 Å². The number of hydrazone groups is 1. The smallest absolute Gasteiger partial charge is 0.263 e. The van der Waals surface area contributed by atoms with Crippen LogP contribution in [0, 0.1) is 0 Å². The van der Waals surface area contributed by atoms with Gasteiger partial charge in [0.25, 0.3) is 5.91 Å². The molecule has 9 heteroatoms. The highest BCUT2D eigenvalue weighted by Gasteiger charge is 2.08.